The molecule has 1 rings (SSSR count). The minimum absolute atomic E-state index is 0. The van der Waals surface area contributed by atoms with Crippen LogP contribution in [0.5, 0.6) is 0 Å². The van der Waals surface area contributed by atoms with Gasteiger partial charge in [-0.05, 0) is 17.7 Å². The Balaban J connectivity index is 0.00000441. The molecule has 0 aromatic heterocycles. The number of nitrogens with zero attached hydrogens (tertiary/aromatic N) is 3. The minimum atomic E-state index is 0. The summed E-state index contributed by atoms with van der Waals surface area (Å²) in [6.07, 6.45) is 0.456. The highest BCUT2D eigenvalue weighted by molar-refractivity contribution is 14.0. The molecule has 22 heavy (non-hydrogen) atoms. The molecule has 0 fully saturated rings. The van der Waals surface area contributed by atoms with Crippen LogP contribution in [-0.4, -0.2) is 56.4 Å². The highest BCUT2D eigenvalue weighted by Gasteiger charge is 2.08. The number of guanidine groups is 1. The van der Waals surface area contributed by atoms with Gasteiger partial charge in [0.1, 0.15) is 0 Å². The number of benzene rings is 1. The Morgan fingerprint density at radius 2 is 1.82 bits per heavy atom. The van der Waals surface area contributed by atoms with Crippen LogP contribution in [0.15, 0.2) is 33.7 Å². The molecule has 1 amide bonds. The lowest BCUT2D eigenvalue weighted by molar-refractivity contribution is -0.128. The van der Waals surface area contributed by atoms with Crippen LogP contribution in [0.1, 0.15) is 12.0 Å². The van der Waals surface area contributed by atoms with Crippen molar-refractivity contribution in [3.8, 4) is 0 Å². The first-order valence-corrected chi connectivity index (χ1v) is 7.59. The fourth-order valence-corrected chi connectivity index (χ4v) is 2.09. The van der Waals surface area contributed by atoms with Crippen molar-refractivity contribution in [2.24, 2.45) is 4.99 Å². The van der Waals surface area contributed by atoms with E-state index in [1.807, 2.05) is 24.1 Å². The van der Waals surface area contributed by atoms with Gasteiger partial charge in [0, 0.05) is 52.2 Å². The van der Waals surface area contributed by atoms with Crippen LogP contribution in [0.4, 0.5) is 0 Å². The van der Waals surface area contributed by atoms with E-state index >= 15 is 0 Å². The van der Waals surface area contributed by atoms with Crippen molar-refractivity contribution in [3.05, 3.63) is 34.3 Å². The van der Waals surface area contributed by atoms with Crippen LogP contribution >= 0.6 is 39.9 Å². The van der Waals surface area contributed by atoms with Crippen molar-refractivity contribution >= 4 is 51.8 Å². The number of aliphatic imine (C=N–C) groups is 1. The van der Waals surface area contributed by atoms with Gasteiger partial charge >= 0.3 is 0 Å². The Hall–Kier alpha value is -0.830. The molecule has 1 aromatic rings. The molecule has 124 valence electrons. The standard InChI is InChI=1S/C15H23BrN4O.HI/c1-17-15(18-10-9-14(21)19(2)3)20(4)11-12-5-7-13(16)8-6-12;/h5-8H,9-11H2,1-4H3,(H,17,18);1H. The molecule has 1 aromatic carbocycles. The Morgan fingerprint density at radius 1 is 1.23 bits per heavy atom. The molecular weight excluding hydrogens is 459 g/mol. The van der Waals surface area contributed by atoms with Crippen LogP contribution in [0, 0.1) is 0 Å². The van der Waals surface area contributed by atoms with E-state index in [2.05, 4.69) is 38.4 Å². The molecule has 7 heteroatoms. The van der Waals surface area contributed by atoms with Crippen molar-refractivity contribution in [1.82, 2.24) is 15.1 Å². The molecular formula is C15H24BrIN4O. The fourth-order valence-electron chi connectivity index (χ4n) is 1.83. The lowest BCUT2D eigenvalue weighted by atomic mass is 10.2. The summed E-state index contributed by atoms with van der Waals surface area (Å²) in [5.41, 5.74) is 1.20. The SMILES string of the molecule is CN=C(NCCC(=O)N(C)C)N(C)Cc1ccc(Br)cc1.I. The summed E-state index contributed by atoms with van der Waals surface area (Å²) in [7, 11) is 7.24. The van der Waals surface area contributed by atoms with Gasteiger partial charge in [-0.2, -0.15) is 0 Å². The van der Waals surface area contributed by atoms with E-state index in [1.54, 1.807) is 26.0 Å². The van der Waals surface area contributed by atoms with Gasteiger partial charge in [0.05, 0.1) is 0 Å². The average Bonchev–Trinajstić information content (AvgIpc) is 2.45. The summed E-state index contributed by atoms with van der Waals surface area (Å²) in [5.74, 6) is 0.887. The molecule has 0 radical (unpaired) electrons. The van der Waals surface area contributed by atoms with Crippen LogP contribution in [0.25, 0.3) is 0 Å². The number of carbonyl (C=O) groups is 1. The Labute approximate surface area is 158 Å². The number of nitrogens with one attached hydrogen (secondary N) is 1. The zero-order valence-corrected chi connectivity index (χ0v) is 17.4. The van der Waals surface area contributed by atoms with Crippen molar-refractivity contribution < 1.29 is 4.79 Å². The maximum absolute atomic E-state index is 11.5. The van der Waals surface area contributed by atoms with E-state index in [-0.39, 0.29) is 29.9 Å². The largest absolute Gasteiger partial charge is 0.356 e. The molecule has 0 aliphatic carbocycles. The van der Waals surface area contributed by atoms with Gasteiger partial charge in [-0.1, -0.05) is 28.1 Å². The average molecular weight is 483 g/mol. The molecule has 0 bridgehead atoms. The van der Waals surface area contributed by atoms with Crippen LogP contribution in [0.2, 0.25) is 0 Å². The van der Waals surface area contributed by atoms with Gasteiger partial charge in [0.25, 0.3) is 0 Å². The molecule has 0 spiro atoms. The van der Waals surface area contributed by atoms with Crippen LogP contribution < -0.4 is 5.32 Å². The number of amides is 1. The van der Waals surface area contributed by atoms with Crippen molar-refractivity contribution in [2.75, 3.05) is 34.7 Å². The number of rotatable bonds is 5. The fraction of sp³-hybridized carbons (Fsp3) is 0.467. The molecule has 5 nitrogen and oxygen atoms in total. The van der Waals surface area contributed by atoms with E-state index in [4.69, 9.17) is 0 Å². The van der Waals surface area contributed by atoms with Gasteiger partial charge in [0.2, 0.25) is 5.91 Å². The van der Waals surface area contributed by atoms with E-state index < -0.39 is 0 Å². The normalized spacial score (nSPS) is 10.7. The van der Waals surface area contributed by atoms with E-state index in [0.717, 1.165) is 17.0 Å². The monoisotopic (exact) mass is 482 g/mol. The van der Waals surface area contributed by atoms with E-state index in [1.165, 1.54) is 5.56 Å². The lowest BCUT2D eigenvalue weighted by Crippen LogP contribution is -2.40. The predicted octanol–water partition coefficient (Wildman–Crippen LogP) is 2.55. The molecule has 0 aliphatic heterocycles. The molecule has 0 atom stereocenters. The molecule has 0 saturated carbocycles. The zero-order valence-electron chi connectivity index (χ0n) is 13.5. The Kier molecular flexibility index (Phi) is 10.4. The zero-order chi connectivity index (χ0) is 15.8. The van der Waals surface area contributed by atoms with E-state index in [9.17, 15) is 4.79 Å². The summed E-state index contributed by atoms with van der Waals surface area (Å²) < 4.78 is 1.07. The summed E-state index contributed by atoms with van der Waals surface area (Å²) in [6.45, 7) is 1.34. The highest BCUT2D eigenvalue weighted by atomic mass is 127. The maximum atomic E-state index is 11.5. The Morgan fingerprint density at radius 3 is 2.32 bits per heavy atom. The van der Waals surface area contributed by atoms with Gasteiger partial charge in [-0.15, -0.1) is 24.0 Å². The number of hydrogen-bond acceptors (Lipinski definition) is 2. The van der Waals surface area contributed by atoms with Crippen LogP contribution in [0.3, 0.4) is 0 Å². The number of halogens is 2. The number of hydrogen-bond donors (Lipinski definition) is 1. The summed E-state index contributed by atoms with van der Waals surface area (Å²) >= 11 is 3.43. The van der Waals surface area contributed by atoms with Crippen molar-refractivity contribution in [3.63, 3.8) is 0 Å². The van der Waals surface area contributed by atoms with Gasteiger partial charge in [-0.3, -0.25) is 9.79 Å². The quantitative estimate of drug-likeness (QED) is 0.398. The van der Waals surface area contributed by atoms with E-state index in [0.29, 0.717) is 13.0 Å². The molecule has 0 aliphatic rings. The van der Waals surface area contributed by atoms with Gasteiger partial charge < -0.3 is 15.1 Å². The van der Waals surface area contributed by atoms with Crippen LogP contribution in [-0.2, 0) is 11.3 Å². The Bertz CT molecular complexity index is 491. The van der Waals surface area contributed by atoms with Gasteiger partial charge in [0.15, 0.2) is 5.96 Å². The van der Waals surface area contributed by atoms with Gasteiger partial charge in [-0.25, -0.2) is 0 Å². The molecule has 0 saturated heterocycles. The smallest absolute Gasteiger partial charge is 0.223 e. The third kappa shape index (κ3) is 7.44. The molecule has 0 unspecified atom stereocenters. The minimum Gasteiger partial charge on any atom is -0.356 e. The second-order valence-electron chi connectivity index (χ2n) is 4.99. The second kappa shape index (κ2) is 10.8. The summed E-state index contributed by atoms with van der Waals surface area (Å²) in [5, 5.41) is 3.21. The maximum Gasteiger partial charge on any atom is 0.223 e. The lowest BCUT2D eigenvalue weighted by Gasteiger charge is -2.22. The molecule has 0 heterocycles. The summed E-state index contributed by atoms with van der Waals surface area (Å²) in [4.78, 5) is 19.4. The summed E-state index contributed by atoms with van der Waals surface area (Å²) in [6, 6.07) is 8.19. The second-order valence-corrected chi connectivity index (χ2v) is 5.91. The molecule has 1 N–H and O–H groups in total. The number of carbonyl (C=O) groups excluding carboxylic acids is 1. The predicted molar refractivity (Wildman–Crippen MR) is 106 cm³/mol. The first-order chi connectivity index (χ1) is 9.93. The van der Waals surface area contributed by atoms with Crippen molar-refractivity contribution in [2.45, 2.75) is 13.0 Å². The van der Waals surface area contributed by atoms with Crippen molar-refractivity contribution in [1.29, 1.82) is 0 Å². The highest BCUT2D eigenvalue weighted by Crippen LogP contribution is 2.11. The first kappa shape index (κ1) is 21.2. The first-order valence-electron chi connectivity index (χ1n) is 6.80. The third-order valence-corrected chi connectivity index (χ3v) is 3.56. The third-order valence-electron chi connectivity index (χ3n) is 3.03. The topological polar surface area (TPSA) is 47.9 Å².